The quantitative estimate of drug-likeness (QED) is 0.413. The standard InChI is InChI=1S/C23H28N6O4/c1-15-14-29(12-9-20(31)33-16(2)30)23(32)27-21(15)28-10-7-17(8-11-28)13-24-22-25-18-5-3-4-6-19(18)26-22/h3-6,14,17H,7-13H2,1-2H3,(H2,24,25,26). The monoisotopic (exact) mass is 452 g/mol. The van der Waals surface area contributed by atoms with Crippen molar-refractivity contribution >= 4 is 34.7 Å². The lowest BCUT2D eigenvalue weighted by atomic mass is 9.96. The topological polar surface area (TPSA) is 122 Å². The Balaban J connectivity index is 1.30. The molecule has 0 unspecified atom stereocenters. The van der Waals surface area contributed by atoms with E-state index in [1.54, 1.807) is 6.20 Å². The Morgan fingerprint density at radius 1 is 1.21 bits per heavy atom. The van der Waals surface area contributed by atoms with E-state index in [1.807, 2.05) is 31.2 Å². The number of benzene rings is 1. The third-order valence-corrected chi connectivity index (χ3v) is 5.83. The first-order valence-electron chi connectivity index (χ1n) is 11.1. The Labute approximate surface area is 191 Å². The molecular formula is C23H28N6O4. The molecule has 4 rings (SSSR count). The summed E-state index contributed by atoms with van der Waals surface area (Å²) in [5.41, 5.74) is 2.41. The van der Waals surface area contributed by atoms with Crippen molar-refractivity contribution in [3.63, 3.8) is 0 Å². The number of aryl methyl sites for hydroxylation is 2. The summed E-state index contributed by atoms with van der Waals surface area (Å²) in [4.78, 5) is 49.1. The Morgan fingerprint density at radius 3 is 2.70 bits per heavy atom. The van der Waals surface area contributed by atoms with Crippen LogP contribution in [0.15, 0.2) is 35.3 Å². The normalized spacial score (nSPS) is 14.4. The lowest BCUT2D eigenvalue weighted by Crippen LogP contribution is -2.38. The molecule has 10 heteroatoms. The zero-order valence-corrected chi connectivity index (χ0v) is 18.8. The molecule has 2 aromatic heterocycles. The summed E-state index contributed by atoms with van der Waals surface area (Å²) in [6.45, 7) is 5.65. The van der Waals surface area contributed by atoms with E-state index in [9.17, 15) is 14.4 Å². The Morgan fingerprint density at radius 2 is 1.97 bits per heavy atom. The van der Waals surface area contributed by atoms with Gasteiger partial charge < -0.3 is 19.9 Å². The number of aromatic nitrogens is 4. The fourth-order valence-electron chi connectivity index (χ4n) is 4.12. The van der Waals surface area contributed by atoms with Gasteiger partial charge in [-0.05, 0) is 37.8 Å². The number of nitrogens with zero attached hydrogens (tertiary/aromatic N) is 4. The van der Waals surface area contributed by atoms with Gasteiger partial charge in [-0.3, -0.25) is 14.2 Å². The first-order chi connectivity index (χ1) is 15.9. The predicted octanol–water partition coefficient (Wildman–Crippen LogP) is 2.24. The summed E-state index contributed by atoms with van der Waals surface area (Å²) in [5.74, 6) is 0.656. The maximum absolute atomic E-state index is 12.5. The molecule has 0 saturated carbocycles. The molecule has 1 aliphatic heterocycles. The van der Waals surface area contributed by atoms with Crippen LogP contribution in [0.2, 0.25) is 0 Å². The second kappa shape index (κ2) is 9.85. The van der Waals surface area contributed by atoms with E-state index in [4.69, 9.17) is 0 Å². The maximum Gasteiger partial charge on any atom is 0.349 e. The summed E-state index contributed by atoms with van der Waals surface area (Å²) >= 11 is 0. The average Bonchev–Trinajstić information content (AvgIpc) is 3.21. The van der Waals surface area contributed by atoms with Gasteiger partial charge in [0.2, 0.25) is 5.95 Å². The van der Waals surface area contributed by atoms with Crippen LogP contribution in [0.4, 0.5) is 11.8 Å². The number of H-pyrrole nitrogens is 1. The minimum absolute atomic E-state index is 0.0659. The summed E-state index contributed by atoms with van der Waals surface area (Å²) < 4.78 is 5.88. The highest BCUT2D eigenvalue weighted by Gasteiger charge is 2.22. The lowest BCUT2D eigenvalue weighted by Gasteiger charge is -2.33. The summed E-state index contributed by atoms with van der Waals surface area (Å²) in [6, 6.07) is 7.94. The fourth-order valence-corrected chi connectivity index (χ4v) is 4.12. The van der Waals surface area contributed by atoms with Crippen molar-refractivity contribution in [3.05, 3.63) is 46.5 Å². The fraction of sp³-hybridized carbons (Fsp3) is 0.435. The largest absolute Gasteiger partial charge is 0.393 e. The number of fused-ring (bicyclic) bond motifs is 1. The minimum atomic E-state index is -0.659. The number of rotatable bonds is 7. The van der Waals surface area contributed by atoms with Crippen LogP contribution in [0.3, 0.4) is 0 Å². The van der Waals surface area contributed by atoms with Gasteiger partial charge in [-0.2, -0.15) is 4.98 Å². The van der Waals surface area contributed by atoms with Gasteiger partial charge in [0.25, 0.3) is 0 Å². The second-order valence-corrected chi connectivity index (χ2v) is 8.35. The van der Waals surface area contributed by atoms with Crippen LogP contribution in [0.1, 0.15) is 31.7 Å². The third-order valence-electron chi connectivity index (χ3n) is 5.83. The van der Waals surface area contributed by atoms with Crippen molar-refractivity contribution in [3.8, 4) is 0 Å². The van der Waals surface area contributed by atoms with Crippen LogP contribution in [0.25, 0.3) is 11.0 Å². The van der Waals surface area contributed by atoms with Crippen LogP contribution in [-0.2, 0) is 20.9 Å². The van der Waals surface area contributed by atoms with Crippen LogP contribution < -0.4 is 15.9 Å². The van der Waals surface area contributed by atoms with Gasteiger partial charge in [0.1, 0.15) is 5.82 Å². The molecule has 1 aliphatic rings. The summed E-state index contributed by atoms with van der Waals surface area (Å²) in [5, 5.41) is 3.41. The highest BCUT2D eigenvalue weighted by atomic mass is 16.6. The highest BCUT2D eigenvalue weighted by Crippen LogP contribution is 2.24. The van der Waals surface area contributed by atoms with Crippen LogP contribution in [0.5, 0.6) is 0 Å². The molecule has 0 amide bonds. The number of ether oxygens (including phenoxy) is 1. The number of piperidine rings is 1. The van der Waals surface area contributed by atoms with Crippen molar-refractivity contribution < 1.29 is 14.3 Å². The second-order valence-electron chi connectivity index (χ2n) is 8.35. The lowest BCUT2D eigenvalue weighted by molar-refractivity contribution is -0.158. The van der Waals surface area contributed by atoms with E-state index in [2.05, 4.69) is 29.9 Å². The van der Waals surface area contributed by atoms with Gasteiger partial charge in [0.05, 0.1) is 17.5 Å². The molecule has 1 fully saturated rings. The highest BCUT2D eigenvalue weighted by molar-refractivity contribution is 5.84. The summed E-state index contributed by atoms with van der Waals surface area (Å²) in [6.07, 6.45) is 3.60. The van der Waals surface area contributed by atoms with Crippen LogP contribution in [0, 0.1) is 12.8 Å². The molecule has 33 heavy (non-hydrogen) atoms. The number of hydrogen-bond acceptors (Lipinski definition) is 8. The van der Waals surface area contributed by atoms with Gasteiger partial charge >= 0.3 is 17.6 Å². The third kappa shape index (κ3) is 5.57. The number of esters is 2. The Bertz CT molecular complexity index is 1180. The number of carbonyl (C=O) groups excluding carboxylic acids is 2. The Hall–Kier alpha value is -3.69. The number of hydrogen-bond donors (Lipinski definition) is 2. The molecule has 3 aromatic rings. The van der Waals surface area contributed by atoms with E-state index < -0.39 is 17.6 Å². The first-order valence-corrected chi connectivity index (χ1v) is 11.1. The van der Waals surface area contributed by atoms with Crippen molar-refractivity contribution in [1.29, 1.82) is 0 Å². The minimum Gasteiger partial charge on any atom is -0.393 e. The zero-order chi connectivity index (χ0) is 23.4. The van der Waals surface area contributed by atoms with Gasteiger partial charge in [-0.1, -0.05) is 12.1 Å². The van der Waals surface area contributed by atoms with Gasteiger partial charge in [-0.25, -0.2) is 9.78 Å². The molecule has 10 nitrogen and oxygen atoms in total. The van der Waals surface area contributed by atoms with E-state index in [1.165, 1.54) is 11.5 Å². The van der Waals surface area contributed by atoms with Crippen LogP contribution >= 0.6 is 0 Å². The molecule has 0 bridgehead atoms. The molecule has 2 N–H and O–H groups in total. The predicted molar refractivity (Wildman–Crippen MR) is 124 cm³/mol. The first kappa shape index (κ1) is 22.5. The SMILES string of the molecule is CC(=O)OC(=O)CCn1cc(C)c(N2CCC(CNc3nc4ccccc4[nH]3)CC2)nc1=O. The number of anilines is 2. The molecule has 3 heterocycles. The number of para-hydroxylation sites is 2. The number of imidazole rings is 1. The molecule has 0 spiro atoms. The van der Waals surface area contributed by atoms with E-state index in [0.29, 0.717) is 11.7 Å². The van der Waals surface area contributed by atoms with Gasteiger partial charge in [-0.15, -0.1) is 0 Å². The van der Waals surface area contributed by atoms with Gasteiger partial charge in [0.15, 0.2) is 0 Å². The Kier molecular flexibility index (Phi) is 6.71. The maximum atomic E-state index is 12.5. The van der Waals surface area contributed by atoms with Crippen LogP contribution in [-0.4, -0.2) is 51.1 Å². The molecule has 1 saturated heterocycles. The smallest absolute Gasteiger partial charge is 0.349 e. The van der Waals surface area contributed by atoms with E-state index >= 15 is 0 Å². The molecule has 1 aromatic carbocycles. The average molecular weight is 453 g/mol. The van der Waals surface area contributed by atoms with E-state index in [0.717, 1.165) is 55.0 Å². The molecular weight excluding hydrogens is 424 g/mol. The van der Waals surface area contributed by atoms with Crippen molar-refractivity contribution in [2.24, 2.45) is 5.92 Å². The van der Waals surface area contributed by atoms with Crippen molar-refractivity contribution in [1.82, 2.24) is 19.5 Å². The van der Waals surface area contributed by atoms with Gasteiger partial charge in [0, 0.05) is 44.9 Å². The molecule has 0 atom stereocenters. The number of nitrogens with one attached hydrogen (secondary N) is 2. The number of carbonyl (C=O) groups is 2. The van der Waals surface area contributed by atoms with E-state index in [-0.39, 0.29) is 13.0 Å². The molecule has 0 radical (unpaired) electrons. The number of aromatic amines is 1. The van der Waals surface area contributed by atoms with Crippen molar-refractivity contribution in [2.75, 3.05) is 29.9 Å². The molecule has 174 valence electrons. The van der Waals surface area contributed by atoms with Crippen molar-refractivity contribution in [2.45, 2.75) is 39.7 Å². The zero-order valence-electron chi connectivity index (χ0n) is 18.8. The summed E-state index contributed by atoms with van der Waals surface area (Å²) in [7, 11) is 0. The molecule has 0 aliphatic carbocycles.